The summed E-state index contributed by atoms with van der Waals surface area (Å²) in [5.41, 5.74) is 3.01. The van der Waals surface area contributed by atoms with Crippen molar-refractivity contribution >= 4 is 12.0 Å². The van der Waals surface area contributed by atoms with E-state index in [1.807, 2.05) is 4.90 Å². The Morgan fingerprint density at radius 2 is 1.68 bits per heavy atom. The first-order valence-electron chi connectivity index (χ1n) is 9.89. The van der Waals surface area contributed by atoms with Gasteiger partial charge < -0.3 is 35.6 Å². The van der Waals surface area contributed by atoms with Crippen molar-refractivity contribution in [1.29, 1.82) is 0 Å². The SMILES string of the molecule is CN(C(=O)OC(C)(C)C)C1C[C@@H](O)C(O)(CN2CCC(C(N)=O)CC2)[C@@H](O)C1. The number of carbonyl (C=O) groups excluding carboxylic acids is 2. The third kappa shape index (κ3) is 5.34. The van der Waals surface area contributed by atoms with Crippen LogP contribution in [0.1, 0.15) is 46.5 Å². The van der Waals surface area contributed by atoms with E-state index in [0.717, 1.165) is 0 Å². The van der Waals surface area contributed by atoms with Gasteiger partial charge in [-0.25, -0.2) is 4.79 Å². The lowest BCUT2D eigenvalue weighted by atomic mass is 9.76. The number of nitrogens with zero attached hydrogens (tertiary/aromatic N) is 2. The van der Waals surface area contributed by atoms with Gasteiger partial charge in [-0.3, -0.25) is 4.79 Å². The molecule has 9 nitrogen and oxygen atoms in total. The highest BCUT2D eigenvalue weighted by molar-refractivity contribution is 5.76. The molecule has 1 aliphatic heterocycles. The maximum absolute atomic E-state index is 12.3. The van der Waals surface area contributed by atoms with Crippen LogP contribution in [0.2, 0.25) is 0 Å². The molecule has 1 saturated carbocycles. The summed E-state index contributed by atoms with van der Waals surface area (Å²) in [5.74, 6) is -0.483. The molecule has 5 N–H and O–H groups in total. The van der Waals surface area contributed by atoms with Gasteiger partial charge in [0.05, 0.1) is 12.2 Å². The van der Waals surface area contributed by atoms with E-state index in [0.29, 0.717) is 25.9 Å². The molecule has 0 bridgehead atoms. The number of nitrogens with two attached hydrogens (primary N) is 1. The van der Waals surface area contributed by atoms with Crippen molar-refractivity contribution in [2.75, 3.05) is 26.7 Å². The van der Waals surface area contributed by atoms with Crippen LogP contribution in [0.4, 0.5) is 4.79 Å². The lowest BCUT2D eigenvalue weighted by Gasteiger charge is -2.48. The molecule has 9 heteroatoms. The van der Waals surface area contributed by atoms with Crippen LogP contribution in [0.15, 0.2) is 0 Å². The smallest absolute Gasteiger partial charge is 0.410 e. The van der Waals surface area contributed by atoms with Crippen LogP contribution in [-0.2, 0) is 9.53 Å². The lowest BCUT2D eigenvalue weighted by Crippen LogP contribution is -2.65. The Labute approximate surface area is 166 Å². The van der Waals surface area contributed by atoms with Gasteiger partial charge in [0.2, 0.25) is 5.91 Å². The number of aliphatic hydroxyl groups excluding tert-OH is 2. The molecule has 1 saturated heterocycles. The largest absolute Gasteiger partial charge is 0.444 e. The predicted octanol–water partition coefficient (Wildman–Crippen LogP) is -0.334. The van der Waals surface area contributed by atoms with Crippen molar-refractivity contribution in [3.63, 3.8) is 0 Å². The zero-order valence-corrected chi connectivity index (χ0v) is 17.3. The van der Waals surface area contributed by atoms with Crippen LogP contribution in [0.25, 0.3) is 0 Å². The molecule has 2 rings (SSSR count). The first-order chi connectivity index (χ1) is 12.8. The molecule has 0 aromatic carbocycles. The van der Waals surface area contributed by atoms with Gasteiger partial charge in [-0.05, 0) is 59.5 Å². The monoisotopic (exact) mass is 401 g/mol. The van der Waals surface area contributed by atoms with E-state index < -0.39 is 35.5 Å². The highest BCUT2D eigenvalue weighted by Gasteiger charge is 2.50. The van der Waals surface area contributed by atoms with E-state index in [1.165, 1.54) is 4.90 Å². The van der Waals surface area contributed by atoms with Crippen LogP contribution in [0.3, 0.4) is 0 Å². The molecule has 0 radical (unpaired) electrons. The van der Waals surface area contributed by atoms with E-state index in [1.54, 1.807) is 27.8 Å². The fourth-order valence-corrected chi connectivity index (χ4v) is 3.99. The second-order valence-electron chi connectivity index (χ2n) is 9.19. The average Bonchev–Trinajstić information content (AvgIpc) is 2.58. The van der Waals surface area contributed by atoms with Gasteiger partial charge >= 0.3 is 6.09 Å². The summed E-state index contributed by atoms with van der Waals surface area (Å²) in [6, 6.07) is -0.444. The second-order valence-corrected chi connectivity index (χ2v) is 9.19. The number of β-amino-alcohol motifs (C(OH)–C–C–N with tert-alkyl or cyclic N) is 1. The van der Waals surface area contributed by atoms with Gasteiger partial charge in [-0.1, -0.05) is 0 Å². The minimum Gasteiger partial charge on any atom is -0.444 e. The summed E-state index contributed by atoms with van der Waals surface area (Å²) in [7, 11) is 1.57. The molecule has 2 amide bonds. The molecular formula is C19H35N3O6. The van der Waals surface area contributed by atoms with Crippen LogP contribution in [0, 0.1) is 5.92 Å². The predicted molar refractivity (Wildman–Crippen MR) is 102 cm³/mol. The molecule has 0 spiro atoms. The van der Waals surface area contributed by atoms with Crippen molar-refractivity contribution in [2.24, 2.45) is 11.7 Å². The van der Waals surface area contributed by atoms with Crippen molar-refractivity contribution in [3.8, 4) is 0 Å². The van der Waals surface area contributed by atoms with Crippen molar-refractivity contribution in [2.45, 2.75) is 75.9 Å². The number of hydrogen-bond acceptors (Lipinski definition) is 7. The molecule has 2 unspecified atom stereocenters. The van der Waals surface area contributed by atoms with Crippen molar-refractivity contribution in [3.05, 3.63) is 0 Å². The molecule has 2 fully saturated rings. The number of ether oxygens (including phenoxy) is 1. The Balaban J connectivity index is 1.96. The van der Waals surface area contributed by atoms with Crippen LogP contribution < -0.4 is 5.73 Å². The van der Waals surface area contributed by atoms with Crippen molar-refractivity contribution in [1.82, 2.24) is 9.80 Å². The number of aliphatic hydroxyl groups is 3. The Morgan fingerprint density at radius 1 is 1.18 bits per heavy atom. The van der Waals surface area contributed by atoms with Gasteiger partial charge in [-0.15, -0.1) is 0 Å². The van der Waals surface area contributed by atoms with Crippen molar-refractivity contribution < 1.29 is 29.6 Å². The molecule has 0 aromatic rings. The Bertz CT molecular complexity index is 559. The standard InChI is InChI=1S/C19H35N3O6/c1-18(2,3)28-17(26)21(4)13-9-14(23)19(27,15(24)10-13)11-22-7-5-12(6-8-22)16(20)25/h12-15,23-24,27H,5-11H2,1-4H3,(H2,20,25)/t13?,14-,15+,19?. The van der Waals surface area contributed by atoms with E-state index in [9.17, 15) is 24.9 Å². The highest BCUT2D eigenvalue weighted by Crippen LogP contribution is 2.33. The lowest BCUT2D eigenvalue weighted by molar-refractivity contribution is -0.189. The molecule has 1 aliphatic carbocycles. The normalized spacial score (nSPS) is 32.8. The number of rotatable bonds is 4. The van der Waals surface area contributed by atoms with Gasteiger partial charge in [0, 0.05) is 25.6 Å². The third-order valence-corrected chi connectivity index (χ3v) is 5.84. The first kappa shape index (κ1) is 22.9. The molecular weight excluding hydrogens is 366 g/mol. The maximum atomic E-state index is 12.3. The molecule has 0 aromatic heterocycles. The van der Waals surface area contributed by atoms with E-state index in [2.05, 4.69) is 0 Å². The van der Waals surface area contributed by atoms with Crippen LogP contribution in [-0.4, -0.2) is 93.3 Å². The number of primary amides is 1. The Kier molecular flexibility index (Phi) is 6.96. The molecule has 4 atom stereocenters. The summed E-state index contributed by atoms with van der Waals surface area (Å²) in [6.45, 7) is 6.53. The van der Waals surface area contributed by atoms with Gasteiger partial charge in [0.1, 0.15) is 11.2 Å². The number of amides is 2. The third-order valence-electron chi connectivity index (χ3n) is 5.84. The fourth-order valence-electron chi connectivity index (χ4n) is 3.99. The number of likely N-dealkylation sites (tertiary alicyclic amines) is 1. The molecule has 1 heterocycles. The fraction of sp³-hybridized carbons (Fsp3) is 0.895. The summed E-state index contributed by atoms with van der Waals surface area (Å²) in [6.07, 6.45) is -1.44. The maximum Gasteiger partial charge on any atom is 0.410 e. The van der Waals surface area contributed by atoms with E-state index >= 15 is 0 Å². The summed E-state index contributed by atoms with van der Waals surface area (Å²) in [5, 5.41) is 32.2. The van der Waals surface area contributed by atoms with Crippen LogP contribution >= 0.6 is 0 Å². The van der Waals surface area contributed by atoms with E-state index in [-0.39, 0.29) is 31.2 Å². The van der Waals surface area contributed by atoms with Crippen LogP contribution in [0.5, 0.6) is 0 Å². The molecule has 162 valence electrons. The first-order valence-corrected chi connectivity index (χ1v) is 9.89. The molecule has 28 heavy (non-hydrogen) atoms. The number of hydrogen-bond donors (Lipinski definition) is 4. The highest BCUT2D eigenvalue weighted by atomic mass is 16.6. The quantitative estimate of drug-likeness (QED) is 0.506. The number of carbonyl (C=O) groups is 2. The number of piperidine rings is 1. The second kappa shape index (κ2) is 8.52. The summed E-state index contributed by atoms with van der Waals surface area (Å²) >= 11 is 0. The van der Waals surface area contributed by atoms with E-state index in [4.69, 9.17) is 10.5 Å². The topological polar surface area (TPSA) is 137 Å². The average molecular weight is 402 g/mol. The Morgan fingerprint density at radius 3 is 2.11 bits per heavy atom. The minimum atomic E-state index is -1.69. The summed E-state index contributed by atoms with van der Waals surface area (Å²) < 4.78 is 5.34. The Hall–Kier alpha value is -1.42. The van der Waals surface area contributed by atoms with Gasteiger partial charge in [0.25, 0.3) is 0 Å². The molecule has 2 aliphatic rings. The van der Waals surface area contributed by atoms with Gasteiger partial charge in [0.15, 0.2) is 0 Å². The zero-order chi connectivity index (χ0) is 21.3. The summed E-state index contributed by atoms with van der Waals surface area (Å²) in [4.78, 5) is 26.9. The van der Waals surface area contributed by atoms with Gasteiger partial charge in [-0.2, -0.15) is 0 Å². The zero-order valence-electron chi connectivity index (χ0n) is 17.3. The minimum absolute atomic E-state index is 0.101.